The molecule has 0 N–H and O–H groups in total. The quantitative estimate of drug-likeness (QED) is 0.334. The number of hydrogen-bond donors (Lipinski definition) is 0. The normalized spacial score (nSPS) is 11.0. The van der Waals surface area contributed by atoms with Gasteiger partial charge in [-0.25, -0.2) is 0 Å². The summed E-state index contributed by atoms with van der Waals surface area (Å²) in [6, 6.07) is 18.9. The zero-order valence-electron chi connectivity index (χ0n) is 16.7. The molecule has 146 valence electrons. The molecule has 0 saturated carbocycles. The molecule has 3 aromatic rings. The Hall–Kier alpha value is -2.39. The van der Waals surface area contributed by atoms with Crippen molar-refractivity contribution in [2.45, 2.75) is 52.1 Å². The van der Waals surface area contributed by atoms with Gasteiger partial charge < -0.3 is 4.74 Å². The molecular weight excluding hydrogens is 364 g/mol. The van der Waals surface area contributed by atoms with Crippen LogP contribution in [0.4, 0.5) is 0 Å². The van der Waals surface area contributed by atoms with Gasteiger partial charge in [-0.3, -0.25) is 4.79 Å². The van der Waals surface area contributed by atoms with Crippen molar-refractivity contribution in [3.8, 4) is 16.9 Å². The van der Waals surface area contributed by atoms with E-state index >= 15 is 0 Å². The molecule has 0 atom stereocenters. The molecule has 0 amide bonds. The first-order valence-corrected chi connectivity index (χ1v) is 11.0. The first-order valence-electron chi connectivity index (χ1n) is 10.1. The van der Waals surface area contributed by atoms with Crippen LogP contribution in [-0.2, 0) is 6.61 Å². The number of ether oxygens (including phenoxy) is 1. The van der Waals surface area contributed by atoms with Crippen LogP contribution in [0.5, 0.6) is 5.75 Å². The Balaban J connectivity index is 1.58. The van der Waals surface area contributed by atoms with Crippen LogP contribution in [0.15, 0.2) is 60.0 Å². The molecule has 0 bridgehead atoms. The minimum absolute atomic E-state index is 0.552. The smallest absolute Gasteiger partial charge is 0.160 e. The molecule has 0 aliphatic carbocycles. The fraction of sp³-hybridized carbons (Fsp3) is 0.320. The number of carbonyl (C=O) groups is 1. The van der Waals surface area contributed by atoms with Gasteiger partial charge in [-0.05, 0) is 64.6 Å². The number of carbonyl (C=O) groups excluding carboxylic acids is 1. The topological polar surface area (TPSA) is 26.3 Å². The monoisotopic (exact) mass is 392 g/mol. The van der Waals surface area contributed by atoms with E-state index in [1.165, 1.54) is 42.6 Å². The largest absolute Gasteiger partial charge is 0.489 e. The Kier molecular flexibility index (Phi) is 7.44. The average molecular weight is 393 g/mol. The van der Waals surface area contributed by atoms with Crippen molar-refractivity contribution in [1.82, 2.24) is 0 Å². The van der Waals surface area contributed by atoms with Gasteiger partial charge in [0.05, 0.1) is 4.88 Å². The minimum atomic E-state index is 0.552. The molecule has 28 heavy (non-hydrogen) atoms. The van der Waals surface area contributed by atoms with Crippen LogP contribution in [0.25, 0.3) is 11.1 Å². The van der Waals surface area contributed by atoms with Crippen LogP contribution in [0.2, 0.25) is 0 Å². The van der Waals surface area contributed by atoms with E-state index in [0.29, 0.717) is 12.5 Å². The maximum atomic E-state index is 10.8. The highest BCUT2D eigenvalue weighted by Gasteiger charge is 2.09. The van der Waals surface area contributed by atoms with Crippen molar-refractivity contribution in [3.05, 3.63) is 76.0 Å². The van der Waals surface area contributed by atoms with Crippen molar-refractivity contribution in [3.63, 3.8) is 0 Å². The first-order chi connectivity index (χ1) is 13.7. The molecule has 0 spiro atoms. The highest BCUT2D eigenvalue weighted by Crippen LogP contribution is 2.28. The zero-order valence-corrected chi connectivity index (χ0v) is 17.5. The summed E-state index contributed by atoms with van der Waals surface area (Å²) < 4.78 is 5.97. The zero-order chi connectivity index (χ0) is 19.8. The van der Waals surface area contributed by atoms with E-state index in [1.54, 1.807) is 0 Å². The number of aldehydes is 1. The lowest BCUT2D eigenvalue weighted by Crippen LogP contribution is -1.99. The molecule has 0 saturated heterocycles. The third-order valence-corrected chi connectivity index (χ3v) is 5.91. The molecule has 1 heterocycles. The Morgan fingerprint density at radius 3 is 2.18 bits per heavy atom. The minimum Gasteiger partial charge on any atom is -0.489 e. The van der Waals surface area contributed by atoms with Crippen LogP contribution in [0.3, 0.4) is 0 Å². The van der Waals surface area contributed by atoms with Gasteiger partial charge in [0.2, 0.25) is 0 Å². The fourth-order valence-electron chi connectivity index (χ4n) is 3.54. The van der Waals surface area contributed by atoms with E-state index in [2.05, 4.69) is 62.4 Å². The molecule has 0 aliphatic rings. The molecular formula is C25H28O2S. The molecule has 0 unspecified atom stereocenters. The maximum Gasteiger partial charge on any atom is 0.160 e. The fourth-order valence-corrected chi connectivity index (χ4v) is 4.25. The van der Waals surface area contributed by atoms with E-state index in [0.717, 1.165) is 33.6 Å². The summed E-state index contributed by atoms with van der Waals surface area (Å²) >= 11 is 1.47. The van der Waals surface area contributed by atoms with E-state index in [-0.39, 0.29) is 0 Å². The van der Waals surface area contributed by atoms with Gasteiger partial charge in [0, 0.05) is 0 Å². The third-order valence-electron chi connectivity index (χ3n) is 5.05. The van der Waals surface area contributed by atoms with Crippen molar-refractivity contribution in [1.29, 1.82) is 0 Å². The summed E-state index contributed by atoms with van der Waals surface area (Å²) in [6.45, 7) is 5.06. The Labute approximate surface area is 172 Å². The summed E-state index contributed by atoms with van der Waals surface area (Å²) in [4.78, 5) is 11.6. The molecule has 0 fully saturated rings. The lowest BCUT2D eigenvalue weighted by atomic mass is 9.90. The van der Waals surface area contributed by atoms with Crippen molar-refractivity contribution < 1.29 is 9.53 Å². The summed E-state index contributed by atoms with van der Waals surface area (Å²) in [7, 11) is 0. The lowest BCUT2D eigenvalue weighted by molar-refractivity contribution is 0.112. The van der Waals surface area contributed by atoms with Crippen LogP contribution >= 0.6 is 11.3 Å². The van der Waals surface area contributed by atoms with Gasteiger partial charge in [-0.2, -0.15) is 0 Å². The van der Waals surface area contributed by atoms with Gasteiger partial charge in [0.15, 0.2) is 6.29 Å². The number of hydrogen-bond acceptors (Lipinski definition) is 3. The first kappa shape index (κ1) is 20.3. The predicted octanol–water partition coefficient (Wildman–Crippen LogP) is 7.49. The van der Waals surface area contributed by atoms with E-state index in [1.807, 2.05) is 11.4 Å². The van der Waals surface area contributed by atoms with Crippen LogP contribution in [0.1, 0.15) is 66.2 Å². The Morgan fingerprint density at radius 2 is 1.61 bits per heavy atom. The molecule has 0 radical (unpaired) electrons. The van der Waals surface area contributed by atoms with Gasteiger partial charge in [-0.15, -0.1) is 11.3 Å². The SMILES string of the molecule is CCCC(CCC)c1ccc(OCc2ccc(-c3csc(C=O)c3)cc2)cc1. The standard InChI is InChI=1S/C25H28O2S/c1-3-5-20(6-4-2)21-11-13-24(14-12-21)27-17-19-7-9-22(10-8-19)23-15-25(16-26)28-18-23/h7-16,18,20H,3-6,17H2,1-2H3. The molecule has 0 aliphatic heterocycles. The summed E-state index contributed by atoms with van der Waals surface area (Å²) in [5.74, 6) is 1.57. The molecule has 2 nitrogen and oxygen atoms in total. The van der Waals surface area contributed by atoms with Crippen LogP contribution < -0.4 is 4.74 Å². The van der Waals surface area contributed by atoms with Crippen molar-refractivity contribution in [2.24, 2.45) is 0 Å². The van der Waals surface area contributed by atoms with Crippen molar-refractivity contribution in [2.75, 3.05) is 0 Å². The number of benzene rings is 2. The summed E-state index contributed by atoms with van der Waals surface area (Å²) in [5, 5.41) is 2.02. The number of thiophene rings is 1. The maximum absolute atomic E-state index is 10.8. The molecule has 2 aromatic carbocycles. The van der Waals surface area contributed by atoms with Crippen molar-refractivity contribution >= 4 is 17.6 Å². The second kappa shape index (κ2) is 10.2. The highest BCUT2D eigenvalue weighted by molar-refractivity contribution is 7.12. The average Bonchev–Trinajstić information content (AvgIpc) is 3.22. The van der Waals surface area contributed by atoms with E-state index < -0.39 is 0 Å². The van der Waals surface area contributed by atoms with Gasteiger partial charge in [0.1, 0.15) is 12.4 Å². The molecule has 3 rings (SSSR count). The summed E-state index contributed by atoms with van der Waals surface area (Å²) in [6.07, 6.45) is 5.84. The number of rotatable bonds is 10. The van der Waals surface area contributed by atoms with Gasteiger partial charge in [0.25, 0.3) is 0 Å². The highest BCUT2D eigenvalue weighted by atomic mass is 32.1. The second-order valence-electron chi connectivity index (χ2n) is 7.18. The van der Waals surface area contributed by atoms with E-state index in [4.69, 9.17) is 4.74 Å². The molecule has 1 aromatic heterocycles. The third kappa shape index (κ3) is 5.32. The summed E-state index contributed by atoms with van der Waals surface area (Å²) in [5.41, 5.74) is 4.76. The van der Waals surface area contributed by atoms with Gasteiger partial charge >= 0.3 is 0 Å². The van der Waals surface area contributed by atoms with E-state index in [9.17, 15) is 4.79 Å². The van der Waals surface area contributed by atoms with Crippen LogP contribution in [-0.4, -0.2) is 6.29 Å². The second-order valence-corrected chi connectivity index (χ2v) is 8.13. The Bertz CT molecular complexity index is 856. The predicted molar refractivity (Wildman–Crippen MR) is 118 cm³/mol. The van der Waals surface area contributed by atoms with Crippen LogP contribution in [0, 0.1) is 0 Å². The Morgan fingerprint density at radius 1 is 0.929 bits per heavy atom. The lowest BCUT2D eigenvalue weighted by Gasteiger charge is -2.16. The molecule has 3 heteroatoms. The van der Waals surface area contributed by atoms with Gasteiger partial charge in [-0.1, -0.05) is 63.1 Å².